The number of ether oxygens (including phenoxy) is 7. The van der Waals surface area contributed by atoms with Crippen LogP contribution in [-0.2, 0) is 17.7 Å². The van der Waals surface area contributed by atoms with Crippen LogP contribution >= 0.6 is 47.8 Å². The van der Waals surface area contributed by atoms with Gasteiger partial charge in [-0.05, 0) is 230 Å². The maximum Gasteiger partial charge on any atom is 0.533 e. The van der Waals surface area contributed by atoms with Gasteiger partial charge in [-0.3, -0.25) is 0 Å². The third kappa shape index (κ3) is 26.0. The summed E-state index contributed by atoms with van der Waals surface area (Å²) in [6, 6.07) is 98.3. The van der Waals surface area contributed by atoms with Crippen molar-refractivity contribution in [1.82, 2.24) is 0 Å². The summed E-state index contributed by atoms with van der Waals surface area (Å²) >= 11 is 10.0. The van der Waals surface area contributed by atoms with Crippen molar-refractivity contribution in [2.24, 2.45) is 0 Å². The summed E-state index contributed by atoms with van der Waals surface area (Å²) in [6.45, 7) is 2.01. The Kier molecular flexibility index (Phi) is 31.9. The summed E-state index contributed by atoms with van der Waals surface area (Å²) < 4.78 is 64.8. The fourth-order valence-corrected chi connectivity index (χ4v) is 11.7. The molecule has 0 atom stereocenters. The Morgan fingerprint density at radius 3 is 0.608 bits per heavy atom. The average Bonchev–Trinajstić information content (AvgIpc) is 0.927. The van der Waals surface area contributed by atoms with Crippen LogP contribution in [0.15, 0.2) is 329 Å². The Bertz CT molecular complexity index is 3930. The molecular formula is C79H77Br3O13Si2. The standard InChI is InChI=1S/C21H22O4Si.C20H20O5Si.C18H13BrO2.C12H9BrO.C6H5BrO.2CH4/c1-22-26(3,23-2)21-15-13-20(14-16-21)25-19-11-9-18(10-12-19)24-17-7-5-4-6-8-17;1-22-26(21,23-2)20-14-12-19(13-15-20)25-18-10-8-17(9-11-18)24-16-6-4-3-5-7-16;19-14-6-8-16(9-7-14)21-18-12-10-17(11-13-18)20-15-4-2-1-3-5-15;13-10-6-8-12(9-7-10)14-11-4-2-1-3-5-11;7-5-1-3-6(8)4-2-5;;/h4-16H,1-3H3;3-15,21H,1-2H3;1-13H;1-9H;1-4,8H;2*1H4. The molecule has 500 valence electrons. The van der Waals surface area contributed by atoms with Crippen molar-refractivity contribution in [2.45, 2.75) is 21.4 Å². The Labute approximate surface area is 596 Å². The number of aromatic hydroxyl groups is 1. The van der Waals surface area contributed by atoms with Crippen LogP contribution in [0.2, 0.25) is 6.55 Å². The van der Waals surface area contributed by atoms with Crippen LogP contribution in [0.25, 0.3) is 0 Å². The molecule has 0 bridgehead atoms. The quantitative estimate of drug-likeness (QED) is 0.0700. The minimum Gasteiger partial charge on any atom is -0.508 e. The minimum absolute atomic E-state index is 0. The van der Waals surface area contributed by atoms with Crippen molar-refractivity contribution >= 4 is 75.5 Å². The Hall–Kier alpha value is -9.29. The number of benzene rings is 12. The van der Waals surface area contributed by atoms with E-state index in [1.807, 2.05) is 273 Å². The van der Waals surface area contributed by atoms with E-state index in [1.54, 1.807) is 62.8 Å². The summed E-state index contributed by atoms with van der Waals surface area (Å²) in [7, 11) is 0.609. The summed E-state index contributed by atoms with van der Waals surface area (Å²) in [5.41, 5.74) is 0. The van der Waals surface area contributed by atoms with E-state index in [0.29, 0.717) is 22.4 Å². The van der Waals surface area contributed by atoms with Gasteiger partial charge >= 0.3 is 17.4 Å². The van der Waals surface area contributed by atoms with Gasteiger partial charge in [-0.25, -0.2) is 0 Å². The molecule has 0 aliphatic rings. The molecule has 13 nitrogen and oxygen atoms in total. The van der Waals surface area contributed by atoms with E-state index in [0.717, 1.165) is 87.6 Å². The van der Waals surface area contributed by atoms with Gasteiger partial charge in [0.05, 0.1) is 0 Å². The van der Waals surface area contributed by atoms with Gasteiger partial charge in [0.25, 0.3) is 0 Å². The first-order valence-corrected chi connectivity index (χ1v) is 36.0. The lowest BCUT2D eigenvalue weighted by atomic mass is 10.3. The van der Waals surface area contributed by atoms with Crippen LogP contribution in [0.3, 0.4) is 0 Å². The minimum atomic E-state index is -3.31. The van der Waals surface area contributed by atoms with Crippen LogP contribution in [0, 0.1) is 0 Å². The molecule has 0 saturated carbocycles. The van der Waals surface area contributed by atoms with Crippen molar-refractivity contribution in [3.8, 4) is 86.2 Å². The molecule has 0 aliphatic heterocycles. The number of hydrogen-bond donors (Lipinski definition) is 2. The van der Waals surface area contributed by atoms with Gasteiger partial charge in [0.2, 0.25) is 0 Å². The first-order chi connectivity index (χ1) is 46.2. The molecule has 0 radical (unpaired) electrons. The highest BCUT2D eigenvalue weighted by Crippen LogP contribution is 2.31. The van der Waals surface area contributed by atoms with Crippen molar-refractivity contribution in [3.05, 3.63) is 329 Å². The van der Waals surface area contributed by atoms with Crippen LogP contribution in [0.4, 0.5) is 0 Å². The second-order valence-electron chi connectivity index (χ2n) is 20.2. The second-order valence-corrected chi connectivity index (χ2v) is 28.7. The van der Waals surface area contributed by atoms with Crippen LogP contribution in [0.1, 0.15) is 14.9 Å². The molecule has 0 aromatic heterocycles. The molecule has 18 heteroatoms. The smallest absolute Gasteiger partial charge is 0.508 e. The predicted molar refractivity (Wildman–Crippen MR) is 403 cm³/mol. The Morgan fingerprint density at radius 1 is 0.237 bits per heavy atom. The fraction of sp³-hybridized carbons (Fsp3) is 0.0886. The number of phenols is 1. The highest BCUT2D eigenvalue weighted by atomic mass is 79.9. The number of para-hydroxylation sites is 4. The van der Waals surface area contributed by atoms with E-state index < -0.39 is 17.4 Å². The van der Waals surface area contributed by atoms with Gasteiger partial charge in [0, 0.05) is 47.0 Å². The van der Waals surface area contributed by atoms with E-state index in [1.165, 1.54) is 14.2 Å². The second kappa shape index (κ2) is 40.3. The van der Waals surface area contributed by atoms with Crippen LogP contribution in [-0.4, -0.2) is 55.7 Å². The van der Waals surface area contributed by atoms with Crippen LogP contribution < -0.4 is 43.5 Å². The largest absolute Gasteiger partial charge is 0.533 e. The molecule has 0 heterocycles. The lowest BCUT2D eigenvalue weighted by molar-refractivity contribution is 0.169. The molecular weight excluding hydrogens is 1450 g/mol. The predicted octanol–water partition coefficient (Wildman–Crippen LogP) is 22.2. The van der Waals surface area contributed by atoms with E-state index in [2.05, 4.69) is 47.8 Å². The first-order valence-electron chi connectivity index (χ1n) is 29.5. The van der Waals surface area contributed by atoms with Gasteiger partial charge in [-0.1, -0.05) is 160 Å². The van der Waals surface area contributed by atoms with E-state index in [-0.39, 0.29) is 14.9 Å². The summed E-state index contributed by atoms with van der Waals surface area (Å²) in [5, 5.41) is 10.4. The van der Waals surface area contributed by atoms with Gasteiger partial charge in [0.15, 0.2) is 0 Å². The van der Waals surface area contributed by atoms with E-state index in [4.69, 9.17) is 56.0 Å². The molecule has 12 aromatic rings. The van der Waals surface area contributed by atoms with Crippen molar-refractivity contribution in [1.29, 1.82) is 0 Å². The average molecular weight is 1530 g/mol. The SMILES string of the molecule is Brc1ccc(Oc2ccc(Oc3ccccc3)cc2)cc1.Brc1ccc(Oc2ccccc2)cc1.C.C.CO[Si](C)(OC)c1ccc(Oc2ccc(Oc3ccccc3)cc2)cc1.CO[Si](O)(OC)c1ccc(Oc2ccc(Oc3ccccc3)cc2)cc1.Oc1ccc(Br)cc1. The van der Waals surface area contributed by atoms with Gasteiger partial charge < -0.3 is 60.8 Å². The molecule has 12 aromatic carbocycles. The van der Waals surface area contributed by atoms with E-state index >= 15 is 0 Å². The van der Waals surface area contributed by atoms with Crippen molar-refractivity contribution in [2.75, 3.05) is 28.4 Å². The third-order valence-corrected chi connectivity index (χ3v) is 20.2. The molecule has 0 spiro atoms. The Balaban J connectivity index is 0.000000198. The molecule has 12 rings (SSSR count). The summed E-state index contributed by atoms with van der Waals surface area (Å²) in [6.07, 6.45) is 0. The Morgan fingerprint density at radius 2 is 0.412 bits per heavy atom. The molecule has 0 fully saturated rings. The zero-order valence-electron chi connectivity index (χ0n) is 52.5. The maximum atomic E-state index is 10.3. The van der Waals surface area contributed by atoms with Gasteiger partial charge in [0.1, 0.15) is 86.2 Å². The topological polar surface area (TPSA) is 142 Å². The fourth-order valence-electron chi connectivity index (χ4n) is 8.28. The summed E-state index contributed by atoms with van der Waals surface area (Å²) in [5.74, 6) is 11.1. The first kappa shape index (κ1) is 76.7. The molecule has 2 N–H and O–H groups in total. The van der Waals surface area contributed by atoms with Gasteiger partial charge in [-0.15, -0.1) is 0 Å². The number of hydrogen-bond acceptors (Lipinski definition) is 13. The molecule has 97 heavy (non-hydrogen) atoms. The molecule has 0 aliphatic carbocycles. The van der Waals surface area contributed by atoms with Crippen molar-refractivity contribution in [3.63, 3.8) is 0 Å². The van der Waals surface area contributed by atoms with Gasteiger partial charge in [-0.2, -0.15) is 0 Å². The normalized spacial score (nSPS) is 10.4. The molecule has 0 amide bonds. The lowest BCUT2D eigenvalue weighted by Gasteiger charge is -2.23. The lowest BCUT2D eigenvalue weighted by Crippen LogP contribution is -2.52. The molecule has 0 unspecified atom stereocenters. The zero-order valence-corrected chi connectivity index (χ0v) is 59.3. The number of phenolic OH excluding ortho intramolecular Hbond substituents is 1. The number of rotatable bonds is 20. The zero-order chi connectivity index (χ0) is 67.1. The van der Waals surface area contributed by atoms with E-state index in [9.17, 15) is 4.80 Å². The maximum absolute atomic E-state index is 10.3. The molecule has 0 saturated heterocycles. The van der Waals surface area contributed by atoms with Crippen LogP contribution in [0.5, 0.6) is 86.2 Å². The monoisotopic (exact) mass is 1530 g/mol. The third-order valence-electron chi connectivity index (χ3n) is 13.5. The number of halogens is 3. The highest BCUT2D eigenvalue weighted by molar-refractivity contribution is 9.11. The van der Waals surface area contributed by atoms with Crippen molar-refractivity contribution < 1.29 is 60.8 Å². The highest BCUT2D eigenvalue weighted by Gasteiger charge is 2.37. The summed E-state index contributed by atoms with van der Waals surface area (Å²) in [4.78, 5) is 10.3.